The Bertz CT molecular complexity index is 375. The van der Waals surface area contributed by atoms with Gasteiger partial charge in [-0.25, -0.2) is 13.1 Å². The Morgan fingerprint density at radius 1 is 1.39 bits per heavy atom. The Morgan fingerprint density at radius 2 is 2.11 bits per heavy atom. The molecule has 1 saturated heterocycles. The fourth-order valence-electron chi connectivity index (χ4n) is 2.22. The van der Waals surface area contributed by atoms with Crippen LogP contribution in [0.5, 0.6) is 0 Å². The minimum absolute atomic E-state index is 0.0208. The smallest absolute Gasteiger partial charge is 0.227 e. The third-order valence-electron chi connectivity index (χ3n) is 3.41. The summed E-state index contributed by atoms with van der Waals surface area (Å²) in [6.07, 6.45) is 3.80. The molecule has 3 N–H and O–H groups in total. The van der Waals surface area contributed by atoms with Gasteiger partial charge in [0.25, 0.3) is 0 Å². The quantitative estimate of drug-likeness (QED) is 0.568. The summed E-state index contributed by atoms with van der Waals surface area (Å²) in [7, 11) is -3.18. The lowest BCUT2D eigenvalue weighted by Crippen LogP contribution is -2.51. The molecule has 1 aliphatic heterocycles. The number of piperidine rings is 1. The van der Waals surface area contributed by atoms with E-state index in [2.05, 4.69) is 15.4 Å². The van der Waals surface area contributed by atoms with Crippen LogP contribution >= 0.6 is 0 Å². The minimum atomic E-state index is -3.18. The molecule has 106 valence electrons. The standard InChI is InChI=1S/C11H23N3O3S/c1-3-11(5-4-6-12-9-11)10(15)13-7-8-14-18(2,16)17/h12,14H,3-9H2,1-2H3,(H,13,15). The van der Waals surface area contributed by atoms with Crippen molar-refractivity contribution < 1.29 is 13.2 Å². The lowest BCUT2D eigenvalue weighted by Gasteiger charge is -2.35. The van der Waals surface area contributed by atoms with Gasteiger partial charge in [-0.1, -0.05) is 6.92 Å². The lowest BCUT2D eigenvalue weighted by atomic mass is 9.77. The van der Waals surface area contributed by atoms with E-state index in [1.54, 1.807) is 0 Å². The van der Waals surface area contributed by atoms with Crippen LogP contribution in [0.4, 0.5) is 0 Å². The predicted octanol–water partition coefficient (Wildman–Crippen LogP) is -0.568. The maximum atomic E-state index is 12.1. The van der Waals surface area contributed by atoms with Gasteiger partial charge in [-0.3, -0.25) is 4.79 Å². The zero-order chi connectivity index (χ0) is 13.6. The van der Waals surface area contributed by atoms with E-state index < -0.39 is 10.0 Å². The van der Waals surface area contributed by atoms with Crippen LogP contribution in [0.3, 0.4) is 0 Å². The Labute approximate surface area is 109 Å². The van der Waals surface area contributed by atoms with Gasteiger partial charge >= 0.3 is 0 Å². The molecule has 0 bridgehead atoms. The summed E-state index contributed by atoms with van der Waals surface area (Å²) >= 11 is 0. The largest absolute Gasteiger partial charge is 0.354 e. The number of carbonyl (C=O) groups is 1. The van der Waals surface area contributed by atoms with E-state index in [1.807, 2.05) is 6.92 Å². The first kappa shape index (κ1) is 15.4. The Morgan fingerprint density at radius 3 is 2.61 bits per heavy atom. The van der Waals surface area contributed by atoms with Crippen molar-refractivity contribution >= 4 is 15.9 Å². The molecule has 0 radical (unpaired) electrons. The first-order chi connectivity index (χ1) is 8.40. The van der Waals surface area contributed by atoms with Crippen LogP contribution in [0.25, 0.3) is 0 Å². The fourth-order valence-corrected chi connectivity index (χ4v) is 2.70. The Kier molecular flexibility index (Phi) is 5.55. The van der Waals surface area contributed by atoms with Gasteiger partial charge in [-0.2, -0.15) is 0 Å². The van der Waals surface area contributed by atoms with Gasteiger partial charge in [0.15, 0.2) is 0 Å². The molecule has 1 rings (SSSR count). The maximum Gasteiger partial charge on any atom is 0.227 e. The molecule has 0 aromatic rings. The van der Waals surface area contributed by atoms with E-state index in [0.717, 1.165) is 32.1 Å². The zero-order valence-corrected chi connectivity index (χ0v) is 11.9. The molecule has 1 aliphatic rings. The van der Waals surface area contributed by atoms with Crippen LogP contribution in [-0.4, -0.2) is 46.8 Å². The lowest BCUT2D eigenvalue weighted by molar-refractivity contribution is -0.132. The van der Waals surface area contributed by atoms with Crippen LogP contribution in [0.15, 0.2) is 0 Å². The molecule has 0 saturated carbocycles. The normalized spacial score (nSPS) is 24.8. The predicted molar refractivity (Wildman–Crippen MR) is 70.7 cm³/mol. The molecule has 1 unspecified atom stereocenters. The summed E-state index contributed by atoms with van der Waals surface area (Å²) in [5.74, 6) is 0.0208. The average molecular weight is 277 g/mol. The Hall–Kier alpha value is -0.660. The van der Waals surface area contributed by atoms with E-state index >= 15 is 0 Å². The molecule has 0 aromatic heterocycles. The fraction of sp³-hybridized carbons (Fsp3) is 0.909. The minimum Gasteiger partial charge on any atom is -0.354 e. The van der Waals surface area contributed by atoms with Crippen molar-refractivity contribution in [3.05, 3.63) is 0 Å². The Balaban J connectivity index is 2.39. The molecule has 1 amide bonds. The molecule has 0 aliphatic carbocycles. The molecule has 1 heterocycles. The van der Waals surface area contributed by atoms with Crippen molar-refractivity contribution in [2.45, 2.75) is 26.2 Å². The van der Waals surface area contributed by atoms with E-state index in [1.165, 1.54) is 0 Å². The monoisotopic (exact) mass is 277 g/mol. The summed E-state index contributed by atoms with van der Waals surface area (Å²) in [4.78, 5) is 12.1. The van der Waals surface area contributed by atoms with Crippen molar-refractivity contribution in [3.63, 3.8) is 0 Å². The van der Waals surface area contributed by atoms with Crippen molar-refractivity contribution in [1.29, 1.82) is 0 Å². The van der Waals surface area contributed by atoms with Gasteiger partial charge in [-0.15, -0.1) is 0 Å². The first-order valence-corrected chi connectivity index (χ1v) is 8.22. The highest BCUT2D eigenvalue weighted by atomic mass is 32.2. The number of hydrogen-bond donors (Lipinski definition) is 3. The van der Waals surface area contributed by atoms with Crippen molar-refractivity contribution in [2.75, 3.05) is 32.4 Å². The number of nitrogens with one attached hydrogen (secondary N) is 3. The second-order valence-corrected chi connectivity index (χ2v) is 6.67. The second kappa shape index (κ2) is 6.49. The highest BCUT2D eigenvalue weighted by Crippen LogP contribution is 2.29. The van der Waals surface area contributed by atoms with Crippen LogP contribution in [0.2, 0.25) is 0 Å². The van der Waals surface area contributed by atoms with Gasteiger partial charge < -0.3 is 10.6 Å². The molecule has 18 heavy (non-hydrogen) atoms. The van der Waals surface area contributed by atoms with E-state index in [-0.39, 0.29) is 17.9 Å². The van der Waals surface area contributed by atoms with E-state index in [4.69, 9.17) is 0 Å². The molecule has 0 spiro atoms. The third-order valence-corrected chi connectivity index (χ3v) is 4.13. The molecule has 0 aromatic carbocycles. The summed E-state index contributed by atoms with van der Waals surface area (Å²) in [6, 6.07) is 0. The summed E-state index contributed by atoms with van der Waals surface area (Å²) in [5, 5.41) is 6.06. The molecular formula is C11H23N3O3S. The number of sulfonamides is 1. The number of rotatable bonds is 6. The number of hydrogen-bond acceptors (Lipinski definition) is 4. The van der Waals surface area contributed by atoms with Gasteiger partial charge in [-0.05, 0) is 25.8 Å². The topological polar surface area (TPSA) is 87.3 Å². The van der Waals surface area contributed by atoms with Crippen molar-refractivity contribution in [3.8, 4) is 0 Å². The SMILES string of the molecule is CCC1(C(=O)NCCNS(C)(=O)=O)CCCNC1. The van der Waals surface area contributed by atoms with Gasteiger partial charge in [0.1, 0.15) is 0 Å². The molecular weight excluding hydrogens is 254 g/mol. The number of carbonyl (C=O) groups excluding carboxylic acids is 1. The van der Waals surface area contributed by atoms with Gasteiger partial charge in [0.2, 0.25) is 15.9 Å². The molecule has 7 heteroatoms. The average Bonchev–Trinajstić information content (AvgIpc) is 2.34. The molecule has 1 fully saturated rings. The van der Waals surface area contributed by atoms with Gasteiger partial charge in [0, 0.05) is 19.6 Å². The first-order valence-electron chi connectivity index (χ1n) is 6.33. The summed E-state index contributed by atoms with van der Waals surface area (Å²) in [6.45, 7) is 4.24. The van der Waals surface area contributed by atoms with Crippen LogP contribution < -0.4 is 15.4 Å². The van der Waals surface area contributed by atoms with E-state index in [9.17, 15) is 13.2 Å². The zero-order valence-electron chi connectivity index (χ0n) is 11.1. The highest BCUT2D eigenvalue weighted by Gasteiger charge is 2.37. The molecule has 1 atom stereocenters. The van der Waals surface area contributed by atoms with Gasteiger partial charge in [0.05, 0.1) is 11.7 Å². The third kappa shape index (κ3) is 4.55. The molecule has 6 nitrogen and oxygen atoms in total. The van der Waals surface area contributed by atoms with Crippen molar-refractivity contribution in [2.24, 2.45) is 5.41 Å². The number of amides is 1. The second-order valence-electron chi connectivity index (χ2n) is 4.84. The summed E-state index contributed by atoms with van der Waals surface area (Å²) < 4.78 is 24.1. The van der Waals surface area contributed by atoms with Crippen LogP contribution in [0.1, 0.15) is 26.2 Å². The van der Waals surface area contributed by atoms with Crippen molar-refractivity contribution in [1.82, 2.24) is 15.4 Å². The highest BCUT2D eigenvalue weighted by molar-refractivity contribution is 7.88. The van der Waals surface area contributed by atoms with Crippen LogP contribution in [0, 0.1) is 5.41 Å². The van der Waals surface area contributed by atoms with E-state index in [0.29, 0.717) is 13.1 Å². The summed E-state index contributed by atoms with van der Waals surface area (Å²) in [5.41, 5.74) is -0.330. The van der Waals surface area contributed by atoms with Crippen LogP contribution in [-0.2, 0) is 14.8 Å². The maximum absolute atomic E-state index is 12.1.